The molecule has 1 aromatic rings. The van der Waals surface area contributed by atoms with Crippen molar-refractivity contribution in [2.75, 3.05) is 7.11 Å². The van der Waals surface area contributed by atoms with E-state index in [1.165, 1.54) is 12.1 Å². The summed E-state index contributed by atoms with van der Waals surface area (Å²) in [4.78, 5) is 0. The molecule has 0 aliphatic carbocycles. The predicted molar refractivity (Wildman–Crippen MR) is 76.3 cm³/mol. The van der Waals surface area contributed by atoms with E-state index >= 15 is 0 Å². The maximum atomic E-state index is 13.5. The van der Waals surface area contributed by atoms with Crippen molar-refractivity contribution in [3.05, 3.63) is 33.6 Å². The smallest absolute Gasteiger partial charge is 0.142 e. The van der Waals surface area contributed by atoms with Crippen LogP contribution in [0.15, 0.2) is 12.1 Å². The standard InChI is InChI=1S/C14H19Cl2FO2/c1-13(2,19-4)5-6-14(3,18)9-7-12(17)11(16)8-10(9)15/h7-8,18H,5-6H2,1-4H3. The molecular formula is C14H19Cl2FO2. The van der Waals surface area contributed by atoms with Crippen LogP contribution in [0.1, 0.15) is 39.2 Å². The molecule has 0 heterocycles. The van der Waals surface area contributed by atoms with Crippen molar-refractivity contribution in [1.82, 2.24) is 0 Å². The van der Waals surface area contributed by atoms with Crippen molar-refractivity contribution in [2.24, 2.45) is 0 Å². The fourth-order valence-electron chi connectivity index (χ4n) is 1.72. The summed E-state index contributed by atoms with van der Waals surface area (Å²) >= 11 is 11.7. The van der Waals surface area contributed by atoms with E-state index < -0.39 is 11.4 Å². The molecule has 5 heteroatoms. The molecule has 1 unspecified atom stereocenters. The fraction of sp³-hybridized carbons (Fsp3) is 0.571. The summed E-state index contributed by atoms with van der Waals surface area (Å²) in [6.07, 6.45) is 1.01. The highest BCUT2D eigenvalue weighted by Crippen LogP contribution is 2.36. The van der Waals surface area contributed by atoms with Gasteiger partial charge in [0, 0.05) is 17.7 Å². The molecular weight excluding hydrogens is 290 g/mol. The van der Waals surface area contributed by atoms with Gasteiger partial charge in [-0.05, 0) is 45.7 Å². The lowest BCUT2D eigenvalue weighted by molar-refractivity contribution is -0.0211. The summed E-state index contributed by atoms with van der Waals surface area (Å²) in [5.41, 5.74) is -1.26. The number of hydrogen-bond acceptors (Lipinski definition) is 2. The summed E-state index contributed by atoms with van der Waals surface area (Å²) in [5, 5.41) is 10.7. The van der Waals surface area contributed by atoms with Crippen LogP contribution in [-0.4, -0.2) is 17.8 Å². The van der Waals surface area contributed by atoms with Gasteiger partial charge < -0.3 is 9.84 Å². The van der Waals surface area contributed by atoms with E-state index in [1.54, 1.807) is 14.0 Å². The van der Waals surface area contributed by atoms with Gasteiger partial charge in [0.2, 0.25) is 0 Å². The Kier molecular flexibility index (Phi) is 5.24. The SMILES string of the molecule is COC(C)(C)CCC(C)(O)c1cc(F)c(Cl)cc1Cl. The van der Waals surface area contributed by atoms with E-state index in [1.807, 2.05) is 13.8 Å². The zero-order valence-corrected chi connectivity index (χ0v) is 13.1. The number of ether oxygens (including phenoxy) is 1. The fourth-order valence-corrected chi connectivity index (χ4v) is 2.30. The third-order valence-electron chi connectivity index (χ3n) is 3.36. The molecule has 0 radical (unpaired) electrons. The van der Waals surface area contributed by atoms with Gasteiger partial charge in [-0.15, -0.1) is 0 Å². The van der Waals surface area contributed by atoms with Crippen LogP contribution in [0, 0.1) is 5.82 Å². The van der Waals surface area contributed by atoms with E-state index in [0.29, 0.717) is 18.4 Å². The quantitative estimate of drug-likeness (QED) is 0.809. The highest BCUT2D eigenvalue weighted by Gasteiger charge is 2.30. The molecule has 0 aromatic heterocycles. The van der Waals surface area contributed by atoms with Crippen molar-refractivity contribution in [2.45, 2.75) is 44.8 Å². The molecule has 0 saturated heterocycles. The summed E-state index contributed by atoms with van der Waals surface area (Å²) in [5.74, 6) is -0.590. The molecule has 0 fully saturated rings. The Bertz CT molecular complexity index is 459. The van der Waals surface area contributed by atoms with Crippen LogP contribution in [0.2, 0.25) is 10.0 Å². The second-order valence-electron chi connectivity index (χ2n) is 5.48. The van der Waals surface area contributed by atoms with E-state index in [0.717, 1.165) is 0 Å². The summed E-state index contributed by atoms with van der Waals surface area (Å²) in [7, 11) is 1.61. The normalized spacial score (nSPS) is 15.4. The van der Waals surface area contributed by atoms with Crippen LogP contribution in [0.5, 0.6) is 0 Å². The molecule has 0 amide bonds. The van der Waals surface area contributed by atoms with Gasteiger partial charge in [-0.3, -0.25) is 0 Å². The van der Waals surface area contributed by atoms with E-state index in [4.69, 9.17) is 27.9 Å². The average molecular weight is 309 g/mol. The van der Waals surface area contributed by atoms with Crippen LogP contribution in [0.25, 0.3) is 0 Å². The third kappa shape index (κ3) is 4.32. The van der Waals surface area contributed by atoms with Crippen LogP contribution in [0.4, 0.5) is 4.39 Å². The van der Waals surface area contributed by atoms with Gasteiger partial charge >= 0.3 is 0 Å². The van der Waals surface area contributed by atoms with Crippen LogP contribution in [-0.2, 0) is 10.3 Å². The highest BCUT2D eigenvalue weighted by atomic mass is 35.5. The van der Waals surface area contributed by atoms with Gasteiger partial charge in [0.15, 0.2) is 0 Å². The first-order chi connectivity index (χ1) is 8.59. The second-order valence-corrected chi connectivity index (χ2v) is 6.30. The third-order valence-corrected chi connectivity index (χ3v) is 3.96. The average Bonchev–Trinajstić information content (AvgIpc) is 2.31. The minimum absolute atomic E-state index is 0.0539. The number of aliphatic hydroxyl groups is 1. The molecule has 0 bridgehead atoms. The van der Waals surface area contributed by atoms with Gasteiger partial charge in [-0.1, -0.05) is 23.2 Å². The van der Waals surface area contributed by atoms with Crippen molar-refractivity contribution in [1.29, 1.82) is 0 Å². The molecule has 0 spiro atoms. The predicted octanol–water partition coefficient (Wildman–Crippen LogP) is 4.55. The van der Waals surface area contributed by atoms with Crippen molar-refractivity contribution < 1.29 is 14.2 Å². The number of rotatable bonds is 5. The maximum Gasteiger partial charge on any atom is 0.142 e. The molecule has 0 aliphatic rings. The van der Waals surface area contributed by atoms with Crippen molar-refractivity contribution >= 4 is 23.2 Å². The minimum Gasteiger partial charge on any atom is -0.385 e. The zero-order chi connectivity index (χ0) is 14.8. The Morgan fingerprint density at radius 1 is 1.16 bits per heavy atom. The summed E-state index contributed by atoms with van der Waals surface area (Å²) in [6.45, 7) is 5.45. The molecule has 1 aromatic carbocycles. The molecule has 0 saturated carbocycles. The van der Waals surface area contributed by atoms with E-state index in [-0.39, 0.29) is 15.6 Å². The van der Waals surface area contributed by atoms with Gasteiger partial charge in [0.25, 0.3) is 0 Å². The van der Waals surface area contributed by atoms with E-state index in [2.05, 4.69) is 0 Å². The van der Waals surface area contributed by atoms with Gasteiger partial charge in [-0.2, -0.15) is 0 Å². The number of halogens is 3. The molecule has 1 rings (SSSR count). The molecule has 19 heavy (non-hydrogen) atoms. The Morgan fingerprint density at radius 3 is 2.26 bits per heavy atom. The van der Waals surface area contributed by atoms with Crippen LogP contribution < -0.4 is 0 Å². The summed E-state index contributed by atoms with van der Waals surface area (Å²) in [6, 6.07) is 2.49. The first kappa shape index (κ1) is 16.7. The van der Waals surface area contributed by atoms with Gasteiger partial charge in [0.1, 0.15) is 5.82 Å². The topological polar surface area (TPSA) is 29.5 Å². The molecule has 108 valence electrons. The van der Waals surface area contributed by atoms with Crippen molar-refractivity contribution in [3.63, 3.8) is 0 Å². The Labute approximate surface area is 123 Å². The van der Waals surface area contributed by atoms with Gasteiger partial charge in [0.05, 0.1) is 16.2 Å². The monoisotopic (exact) mass is 308 g/mol. The second kappa shape index (κ2) is 5.96. The lowest BCUT2D eigenvalue weighted by Gasteiger charge is -2.30. The first-order valence-electron chi connectivity index (χ1n) is 6.01. The first-order valence-corrected chi connectivity index (χ1v) is 6.77. The lowest BCUT2D eigenvalue weighted by atomic mass is 9.87. The summed E-state index contributed by atoms with van der Waals surface area (Å²) < 4.78 is 18.8. The lowest BCUT2D eigenvalue weighted by Crippen LogP contribution is -2.29. The van der Waals surface area contributed by atoms with E-state index in [9.17, 15) is 9.50 Å². The number of methoxy groups -OCH3 is 1. The molecule has 1 N–H and O–H groups in total. The Balaban J connectivity index is 2.97. The molecule has 1 atom stereocenters. The van der Waals surface area contributed by atoms with Gasteiger partial charge in [-0.25, -0.2) is 4.39 Å². The Morgan fingerprint density at radius 2 is 1.74 bits per heavy atom. The zero-order valence-electron chi connectivity index (χ0n) is 11.6. The molecule has 0 aliphatic heterocycles. The number of benzene rings is 1. The molecule has 2 nitrogen and oxygen atoms in total. The highest BCUT2D eigenvalue weighted by molar-refractivity contribution is 6.35. The Hall–Kier alpha value is -0.350. The minimum atomic E-state index is -1.24. The van der Waals surface area contributed by atoms with Crippen LogP contribution in [0.3, 0.4) is 0 Å². The number of hydrogen-bond donors (Lipinski definition) is 1. The largest absolute Gasteiger partial charge is 0.385 e. The van der Waals surface area contributed by atoms with Crippen molar-refractivity contribution in [3.8, 4) is 0 Å². The maximum absolute atomic E-state index is 13.5. The van der Waals surface area contributed by atoms with Crippen LogP contribution >= 0.6 is 23.2 Å².